The highest BCUT2D eigenvalue weighted by Gasteiger charge is 2.24. The van der Waals surface area contributed by atoms with E-state index in [-0.39, 0.29) is 11.7 Å². The SMILES string of the molecule is Cc1ccccc1C(=O)NC1C=CCC(=S)C1=O. The van der Waals surface area contributed by atoms with Crippen molar-refractivity contribution in [2.45, 2.75) is 19.4 Å². The minimum absolute atomic E-state index is 0.186. The zero-order valence-corrected chi connectivity index (χ0v) is 10.8. The van der Waals surface area contributed by atoms with Crippen LogP contribution >= 0.6 is 12.2 Å². The minimum atomic E-state index is -0.627. The van der Waals surface area contributed by atoms with Crippen LogP contribution in [0.25, 0.3) is 0 Å². The number of Topliss-reactive ketones (excluding diaryl/α,β-unsaturated/α-hetero) is 1. The van der Waals surface area contributed by atoms with Gasteiger partial charge in [0, 0.05) is 12.0 Å². The summed E-state index contributed by atoms with van der Waals surface area (Å²) in [6.45, 7) is 1.86. The summed E-state index contributed by atoms with van der Waals surface area (Å²) in [6, 6.07) is 6.63. The van der Waals surface area contributed by atoms with Gasteiger partial charge in [0.1, 0.15) is 6.04 Å². The molecule has 1 aromatic carbocycles. The summed E-state index contributed by atoms with van der Waals surface area (Å²) in [5.74, 6) is -0.435. The first-order valence-electron chi connectivity index (χ1n) is 5.70. The number of rotatable bonds is 2. The first kappa shape index (κ1) is 12.6. The molecular formula is C14H13NO2S. The Kier molecular flexibility index (Phi) is 3.67. The van der Waals surface area contributed by atoms with Crippen molar-refractivity contribution in [3.63, 3.8) is 0 Å². The zero-order valence-electron chi connectivity index (χ0n) is 9.97. The van der Waals surface area contributed by atoms with Crippen LogP contribution in [0.1, 0.15) is 22.3 Å². The lowest BCUT2D eigenvalue weighted by Gasteiger charge is -2.18. The van der Waals surface area contributed by atoms with E-state index in [1.165, 1.54) is 0 Å². The van der Waals surface area contributed by atoms with E-state index >= 15 is 0 Å². The molecule has 3 nitrogen and oxygen atoms in total. The predicted octanol–water partition coefficient (Wildman–Crippen LogP) is 1.99. The normalized spacial score (nSPS) is 18.8. The molecule has 1 unspecified atom stereocenters. The number of carbonyl (C=O) groups excluding carboxylic acids is 2. The van der Waals surface area contributed by atoms with Gasteiger partial charge in [-0.2, -0.15) is 0 Å². The average Bonchev–Trinajstić information content (AvgIpc) is 2.35. The van der Waals surface area contributed by atoms with Crippen LogP contribution < -0.4 is 5.32 Å². The van der Waals surface area contributed by atoms with Crippen LogP contribution in [0, 0.1) is 6.92 Å². The number of thiocarbonyl (C=S) groups is 1. The van der Waals surface area contributed by atoms with Gasteiger partial charge in [-0.05, 0) is 18.6 Å². The molecule has 0 saturated heterocycles. The maximum Gasteiger partial charge on any atom is 0.252 e. The Labute approximate surface area is 111 Å². The van der Waals surface area contributed by atoms with Crippen molar-refractivity contribution in [2.75, 3.05) is 0 Å². The minimum Gasteiger partial charge on any atom is -0.338 e. The van der Waals surface area contributed by atoms with E-state index in [9.17, 15) is 9.59 Å². The van der Waals surface area contributed by atoms with Crippen LogP contribution in [0.5, 0.6) is 0 Å². The lowest BCUT2D eigenvalue weighted by Crippen LogP contribution is -2.43. The first-order valence-corrected chi connectivity index (χ1v) is 6.10. The van der Waals surface area contributed by atoms with E-state index in [4.69, 9.17) is 12.2 Å². The smallest absolute Gasteiger partial charge is 0.252 e. The van der Waals surface area contributed by atoms with E-state index < -0.39 is 6.04 Å². The molecular weight excluding hydrogens is 246 g/mol. The summed E-state index contributed by atoms with van der Waals surface area (Å²) in [5.41, 5.74) is 1.46. The second kappa shape index (κ2) is 5.23. The second-order valence-corrected chi connectivity index (χ2v) is 4.68. The summed E-state index contributed by atoms with van der Waals surface area (Å²) in [4.78, 5) is 24.2. The van der Waals surface area contributed by atoms with Crippen LogP contribution in [0.15, 0.2) is 36.4 Å². The van der Waals surface area contributed by atoms with Crippen molar-refractivity contribution in [2.24, 2.45) is 0 Å². The molecule has 1 N–H and O–H groups in total. The topological polar surface area (TPSA) is 46.2 Å². The largest absolute Gasteiger partial charge is 0.338 e. The summed E-state index contributed by atoms with van der Waals surface area (Å²) in [7, 11) is 0. The Balaban J connectivity index is 2.15. The first-order chi connectivity index (χ1) is 8.59. The molecule has 0 fully saturated rings. The maximum atomic E-state index is 12.0. The van der Waals surface area contributed by atoms with Gasteiger partial charge in [-0.3, -0.25) is 9.59 Å². The van der Waals surface area contributed by atoms with Gasteiger partial charge in [-0.25, -0.2) is 0 Å². The second-order valence-electron chi connectivity index (χ2n) is 4.19. The van der Waals surface area contributed by atoms with Gasteiger partial charge in [0.05, 0.1) is 4.86 Å². The molecule has 0 radical (unpaired) electrons. The number of carbonyl (C=O) groups is 2. The molecule has 0 heterocycles. The van der Waals surface area contributed by atoms with Gasteiger partial charge in [0.15, 0.2) is 5.78 Å². The summed E-state index contributed by atoms with van der Waals surface area (Å²) in [6.07, 6.45) is 3.99. The number of nitrogens with one attached hydrogen (secondary N) is 1. The fraction of sp³-hybridized carbons (Fsp3) is 0.214. The number of hydrogen-bond donors (Lipinski definition) is 1. The van der Waals surface area contributed by atoms with Crippen molar-refractivity contribution in [1.82, 2.24) is 5.32 Å². The van der Waals surface area contributed by atoms with Crippen LogP contribution in [-0.4, -0.2) is 22.6 Å². The molecule has 1 amide bonds. The number of hydrogen-bond acceptors (Lipinski definition) is 3. The van der Waals surface area contributed by atoms with Crippen LogP contribution in [-0.2, 0) is 4.79 Å². The zero-order chi connectivity index (χ0) is 13.1. The van der Waals surface area contributed by atoms with E-state index in [2.05, 4.69) is 5.32 Å². The lowest BCUT2D eigenvalue weighted by atomic mass is 10.00. The fourth-order valence-corrected chi connectivity index (χ4v) is 2.06. The third-order valence-corrected chi connectivity index (χ3v) is 3.23. The molecule has 1 aromatic rings. The molecule has 0 aliphatic heterocycles. The molecule has 2 rings (SSSR count). The molecule has 0 spiro atoms. The molecule has 18 heavy (non-hydrogen) atoms. The summed E-state index contributed by atoms with van der Waals surface area (Å²) in [5, 5.41) is 2.69. The van der Waals surface area contributed by atoms with E-state index in [0.717, 1.165) is 5.56 Å². The third-order valence-electron chi connectivity index (χ3n) is 2.87. The van der Waals surface area contributed by atoms with Gasteiger partial charge in [-0.1, -0.05) is 42.6 Å². The standard InChI is InChI=1S/C14H13NO2S/c1-9-5-2-3-6-10(9)14(17)15-11-7-4-8-12(18)13(11)16/h2-7,11H,8H2,1H3,(H,15,17). The van der Waals surface area contributed by atoms with E-state index in [1.54, 1.807) is 18.2 Å². The summed E-state index contributed by atoms with van der Waals surface area (Å²) < 4.78 is 0. The van der Waals surface area contributed by atoms with Gasteiger partial charge < -0.3 is 5.32 Å². The van der Waals surface area contributed by atoms with E-state index in [1.807, 2.05) is 25.1 Å². The third kappa shape index (κ3) is 2.54. The molecule has 92 valence electrons. The van der Waals surface area contributed by atoms with Crippen molar-refractivity contribution in [3.8, 4) is 0 Å². The molecule has 0 aromatic heterocycles. The lowest BCUT2D eigenvalue weighted by molar-refractivity contribution is -0.113. The highest BCUT2D eigenvalue weighted by atomic mass is 32.1. The highest BCUT2D eigenvalue weighted by molar-refractivity contribution is 7.82. The number of aryl methyl sites for hydroxylation is 1. The van der Waals surface area contributed by atoms with Crippen LogP contribution in [0.2, 0.25) is 0 Å². The van der Waals surface area contributed by atoms with Crippen molar-refractivity contribution in [3.05, 3.63) is 47.5 Å². The molecule has 1 aliphatic carbocycles. The molecule has 0 saturated carbocycles. The van der Waals surface area contributed by atoms with Gasteiger partial charge >= 0.3 is 0 Å². The van der Waals surface area contributed by atoms with Crippen LogP contribution in [0.4, 0.5) is 0 Å². The highest BCUT2D eigenvalue weighted by Crippen LogP contribution is 2.10. The summed E-state index contributed by atoms with van der Waals surface area (Å²) >= 11 is 4.95. The molecule has 1 atom stereocenters. The number of benzene rings is 1. The fourth-order valence-electron chi connectivity index (χ4n) is 1.83. The Morgan fingerprint density at radius 1 is 1.39 bits per heavy atom. The van der Waals surface area contributed by atoms with Crippen molar-refractivity contribution >= 4 is 28.8 Å². The Bertz CT molecular complexity index is 548. The van der Waals surface area contributed by atoms with Crippen molar-refractivity contribution < 1.29 is 9.59 Å². The van der Waals surface area contributed by atoms with Crippen LogP contribution in [0.3, 0.4) is 0 Å². The number of ketones is 1. The number of amides is 1. The molecule has 4 heteroatoms. The van der Waals surface area contributed by atoms with Gasteiger partial charge in [0.25, 0.3) is 5.91 Å². The quantitative estimate of drug-likeness (QED) is 0.652. The van der Waals surface area contributed by atoms with Crippen molar-refractivity contribution in [1.29, 1.82) is 0 Å². The van der Waals surface area contributed by atoms with Gasteiger partial charge in [0.2, 0.25) is 0 Å². The predicted molar refractivity (Wildman–Crippen MR) is 73.8 cm³/mol. The monoisotopic (exact) mass is 259 g/mol. The Morgan fingerprint density at radius 3 is 2.83 bits per heavy atom. The maximum absolute atomic E-state index is 12.0. The molecule has 0 bridgehead atoms. The average molecular weight is 259 g/mol. The number of allylic oxidation sites excluding steroid dienone is 1. The van der Waals surface area contributed by atoms with E-state index in [0.29, 0.717) is 16.8 Å². The molecule has 1 aliphatic rings. The van der Waals surface area contributed by atoms with Gasteiger partial charge in [-0.15, -0.1) is 0 Å². The Morgan fingerprint density at radius 2 is 2.11 bits per heavy atom. The Hall–Kier alpha value is -1.81.